The Labute approximate surface area is 95.7 Å². The van der Waals surface area contributed by atoms with E-state index >= 15 is 0 Å². The van der Waals surface area contributed by atoms with Crippen molar-refractivity contribution in [1.29, 1.82) is 0 Å². The van der Waals surface area contributed by atoms with Crippen LogP contribution in [0.3, 0.4) is 0 Å². The topological polar surface area (TPSA) is 35.5 Å². The third-order valence-corrected chi connectivity index (χ3v) is 1.76. The quantitative estimate of drug-likeness (QED) is 0.575. The second kappa shape index (κ2) is 6.67. The van der Waals surface area contributed by atoms with Crippen LogP contribution < -0.4 is 0 Å². The molecule has 0 bridgehead atoms. The average Bonchev–Trinajstić information content (AvgIpc) is 2.28. The van der Waals surface area contributed by atoms with E-state index in [0.29, 0.717) is 12.5 Å². The summed E-state index contributed by atoms with van der Waals surface area (Å²) in [4.78, 5) is 11.0. The van der Waals surface area contributed by atoms with Crippen LogP contribution in [0.15, 0.2) is 36.6 Å². The maximum atomic E-state index is 11.0. The number of carbonyl (C=O) groups is 1. The maximum Gasteiger partial charge on any atom is 0.513 e. The van der Waals surface area contributed by atoms with Crippen molar-refractivity contribution in [3.05, 3.63) is 42.2 Å². The third kappa shape index (κ3) is 5.20. The summed E-state index contributed by atoms with van der Waals surface area (Å²) in [5.74, 6) is 0.311. The molecule has 0 unspecified atom stereocenters. The van der Waals surface area contributed by atoms with E-state index in [4.69, 9.17) is 9.47 Å². The van der Waals surface area contributed by atoms with Crippen LogP contribution in [0.1, 0.15) is 19.4 Å². The van der Waals surface area contributed by atoms with E-state index in [-0.39, 0.29) is 0 Å². The smallest absolute Gasteiger partial charge is 0.434 e. The van der Waals surface area contributed by atoms with Crippen molar-refractivity contribution in [2.45, 2.75) is 13.8 Å². The standard InChI is InChI=1S/C13H16O3/c1-11(2)10-16-13(14)15-9-8-12-6-4-3-5-7-12/h3-9,11H,10H2,1-2H3. The summed E-state index contributed by atoms with van der Waals surface area (Å²) >= 11 is 0. The zero-order valence-corrected chi connectivity index (χ0v) is 9.55. The Morgan fingerprint density at radius 1 is 1.31 bits per heavy atom. The van der Waals surface area contributed by atoms with Crippen LogP contribution in [0, 0.1) is 5.92 Å². The molecule has 86 valence electrons. The molecule has 1 aromatic rings. The monoisotopic (exact) mass is 220 g/mol. The Kier molecular flexibility index (Phi) is 5.12. The minimum absolute atomic E-state index is 0.311. The van der Waals surface area contributed by atoms with Crippen molar-refractivity contribution in [3.8, 4) is 0 Å². The predicted molar refractivity (Wildman–Crippen MR) is 62.7 cm³/mol. The first-order chi connectivity index (χ1) is 7.68. The minimum atomic E-state index is -0.666. The molecule has 0 atom stereocenters. The maximum absolute atomic E-state index is 11.0. The van der Waals surface area contributed by atoms with Crippen LogP contribution in [0.5, 0.6) is 0 Å². The largest absolute Gasteiger partial charge is 0.513 e. The highest BCUT2D eigenvalue weighted by atomic mass is 16.7. The first kappa shape index (κ1) is 12.3. The van der Waals surface area contributed by atoms with Crippen molar-refractivity contribution in [3.63, 3.8) is 0 Å². The van der Waals surface area contributed by atoms with Gasteiger partial charge in [-0.05, 0) is 17.6 Å². The van der Waals surface area contributed by atoms with Crippen LogP contribution in [0.4, 0.5) is 4.79 Å². The van der Waals surface area contributed by atoms with Crippen LogP contribution in [-0.2, 0) is 9.47 Å². The van der Waals surface area contributed by atoms with E-state index in [9.17, 15) is 4.79 Å². The first-order valence-electron chi connectivity index (χ1n) is 5.23. The second-order valence-electron chi connectivity index (χ2n) is 3.79. The number of hydrogen-bond donors (Lipinski definition) is 0. The third-order valence-electron chi connectivity index (χ3n) is 1.76. The van der Waals surface area contributed by atoms with Gasteiger partial charge in [-0.1, -0.05) is 44.2 Å². The Bertz CT molecular complexity index is 341. The fourth-order valence-electron chi connectivity index (χ4n) is 1.00. The molecule has 0 saturated carbocycles. The molecule has 0 aliphatic rings. The summed E-state index contributed by atoms with van der Waals surface area (Å²) in [5.41, 5.74) is 0.971. The molecule has 0 spiro atoms. The molecule has 0 radical (unpaired) electrons. The van der Waals surface area contributed by atoms with Crippen LogP contribution in [0.2, 0.25) is 0 Å². The molecule has 1 aromatic carbocycles. The summed E-state index contributed by atoms with van der Waals surface area (Å²) in [6, 6.07) is 9.58. The minimum Gasteiger partial charge on any atom is -0.434 e. The summed E-state index contributed by atoms with van der Waals surface area (Å²) < 4.78 is 9.58. The lowest BCUT2D eigenvalue weighted by molar-refractivity contribution is 0.0755. The molecule has 0 aliphatic carbocycles. The number of carbonyl (C=O) groups excluding carboxylic acids is 1. The van der Waals surface area contributed by atoms with Gasteiger partial charge in [0.25, 0.3) is 0 Å². The number of ether oxygens (including phenoxy) is 2. The van der Waals surface area contributed by atoms with Crippen LogP contribution in [0.25, 0.3) is 6.08 Å². The molecule has 0 saturated heterocycles. The Morgan fingerprint density at radius 2 is 2.00 bits per heavy atom. The van der Waals surface area contributed by atoms with Gasteiger partial charge in [-0.15, -0.1) is 0 Å². The lowest BCUT2D eigenvalue weighted by Gasteiger charge is -2.04. The Hall–Kier alpha value is -1.77. The molecule has 16 heavy (non-hydrogen) atoms. The van der Waals surface area contributed by atoms with Crippen molar-refractivity contribution in [2.75, 3.05) is 6.61 Å². The molecule has 0 heterocycles. The predicted octanol–water partition coefficient (Wildman–Crippen LogP) is 3.47. The molecule has 0 aromatic heterocycles. The van der Waals surface area contributed by atoms with E-state index in [1.807, 2.05) is 44.2 Å². The van der Waals surface area contributed by atoms with E-state index in [2.05, 4.69) is 0 Å². The highest BCUT2D eigenvalue weighted by molar-refractivity contribution is 5.62. The normalized spacial score (nSPS) is 10.7. The van der Waals surface area contributed by atoms with E-state index in [1.165, 1.54) is 6.26 Å². The van der Waals surface area contributed by atoms with Crippen molar-refractivity contribution in [1.82, 2.24) is 0 Å². The lowest BCUT2D eigenvalue weighted by atomic mass is 10.2. The second-order valence-corrected chi connectivity index (χ2v) is 3.79. The molecule has 0 fully saturated rings. The summed E-state index contributed by atoms with van der Waals surface area (Å²) in [5, 5.41) is 0. The molecular formula is C13H16O3. The Balaban J connectivity index is 2.29. The van der Waals surface area contributed by atoms with Gasteiger partial charge in [0.05, 0.1) is 12.9 Å². The van der Waals surface area contributed by atoms with Gasteiger partial charge in [0.1, 0.15) is 0 Å². The van der Waals surface area contributed by atoms with Crippen LogP contribution >= 0.6 is 0 Å². The van der Waals surface area contributed by atoms with Gasteiger partial charge < -0.3 is 9.47 Å². The average molecular weight is 220 g/mol. The van der Waals surface area contributed by atoms with E-state index in [0.717, 1.165) is 5.56 Å². The number of benzene rings is 1. The Morgan fingerprint density at radius 3 is 2.62 bits per heavy atom. The fraction of sp³-hybridized carbons (Fsp3) is 0.308. The molecule has 3 nitrogen and oxygen atoms in total. The molecular weight excluding hydrogens is 204 g/mol. The van der Waals surface area contributed by atoms with Gasteiger partial charge >= 0.3 is 6.16 Å². The fourth-order valence-corrected chi connectivity index (χ4v) is 1.00. The highest BCUT2D eigenvalue weighted by Crippen LogP contribution is 2.02. The van der Waals surface area contributed by atoms with Gasteiger partial charge in [0, 0.05) is 0 Å². The molecule has 0 aliphatic heterocycles. The van der Waals surface area contributed by atoms with Crippen molar-refractivity contribution < 1.29 is 14.3 Å². The number of rotatable bonds is 4. The van der Waals surface area contributed by atoms with Gasteiger partial charge in [-0.3, -0.25) is 0 Å². The van der Waals surface area contributed by atoms with Gasteiger partial charge in [-0.2, -0.15) is 0 Å². The van der Waals surface area contributed by atoms with Gasteiger partial charge in [0.15, 0.2) is 0 Å². The summed E-state index contributed by atoms with van der Waals surface area (Å²) in [7, 11) is 0. The van der Waals surface area contributed by atoms with E-state index < -0.39 is 6.16 Å². The summed E-state index contributed by atoms with van der Waals surface area (Å²) in [6.45, 7) is 4.30. The van der Waals surface area contributed by atoms with Crippen molar-refractivity contribution >= 4 is 12.2 Å². The zero-order chi connectivity index (χ0) is 11.8. The molecule has 1 rings (SSSR count). The van der Waals surface area contributed by atoms with Crippen molar-refractivity contribution in [2.24, 2.45) is 5.92 Å². The lowest BCUT2D eigenvalue weighted by Crippen LogP contribution is -2.08. The van der Waals surface area contributed by atoms with Gasteiger partial charge in [-0.25, -0.2) is 4.79 Å². The van der Waals surface area contributed by atoms with Gasteiger partial charge in [0.2, 0.25) is 0 Å². The molecule has 3 heteroatoms. The molecule has 0 amide bonds. The number of hydrogen-bond acceptors (Lipinski definition) is 3. The SMILES string of the molecule is CC(C)COC(=O)OC=Cc1ccccc1. The molecule has 0 N–H and O–H groups in total. The van der Waals surface area contributed by atoms with E-state index in [1.54, 1.807) is 6.08 Å². The van der Waals surface area contributed by atoms with Crippen LogP contribution in [-0.4, -0.2) is 12.8 Å². The first-order valence-corrected chi connectivity index (χ1v) is 5.23. The zero-order valence-electron chi connectivity index (χ0n) is 9.55. The highest BCUT2D eigenvalue weighted by Gasteiger charge is 2.02. The summed E-state index contributed by atoms with van der Waals surface area (Å²) in [6.07, 6.45) is 2.37.